The highest BCUT2D eigenvalue weighted by Gasteiger charge is 2.28. The van der Waals surface area contributed by atoms with Crippen molar-refractivity contribution < 1.29 is 62.8 Å². The Labute approximate surface area is 351 Å². The number of phosphoric acid groups is 1. The predicted molar refractivity (Wildman–Crippen MR) is 230 cm³/mol. The molecule has 0 aromatic rings. The SMILES string of the molecule is CC/C=C\C[C@@H](O)/C=C/C=C/C=C\C=C/[C@H](O)[C@@H](O)CCCC(=O)OC[C@H](COP(=O)(O)OC[C@H](N)C(=O)O)OC(=O)CCCC/C=C\C/C=C\C/C=C\CCCCC. The van der Waals surface area contributed by atoms with Gasteiger partial charge in [-0.2, -0.15) is 0 Å². The van der Waals surface area contributed by atoms with Gasteiger partial charge in [-0.3, -0.25) is 23.4 Å². The van der Waals surface area contributed by atoms with Gasteiger partial charge in [-0.15, -0.1) is 0 Å². The molecule has 1 unspecified atom stereocenters. The lowest BCUT2D eigenvalue weighted by Gasteiger charge is -2.20. The molecule has 0 aromatic carbocycles. The maximum Gasteiger partial charge on any atom is 0.472 e. The van der Waals surface area contributed by atoms with E-state index in [9.17, 15) is 39.2 Å². The fourth-order valence-electron chi connectivity index (χ4n) is 4.76. The van der Waals surface area contributed by atoms with E-state index in [1.165, 1.54) is 25.3 Å². The van der Waals surface area contributed by atoms with Crippen molar-refractivity contribution in [2.45, 2.75) is 141 Å². The first-order chi connectivity index (χ1) is 28.3. The van der Waals surface area contributed by atoms with Crippen molar-refractivity contribution in [3.05, 3.63) is 97.2 Å². The zero-order chi connectivity index (χ0) is 44.0. The highest BCUT2D eigenvalue weighted by Crippen LogP contribution is 2.43. The van der Waals surface area contributed by atoms with Crippen molar-refractivity contribution in [3.8, 4) is 0 Å². The average Bonchev–Trinajstić information content (AvgIpc) is 3.20. The van der Waals surface area contributed by atoms with Gasteiger partial charge in [0.2, 0.25) is 0 Å². The summed E-state index contributed by atoms with van der Waals surface area (Å²) in [5, 5.41) is 39.2. The average molecular weight is 852 g/mol. The fourth-order valence-corrected chi connectivity index (χ4v) is 5.54. The van der Waals surface area contributed by atoms with Gasteiger partial charge in [0.25, 0.3) is 0 Å². The summed E-state index contributed by atoms with van der Waals surface area (Å²) < 4.78 is 32.3. The smallest absolute Gasteiger partial charge is 0.472 e. The minimum atomic E-state index is -4.82. The number of rotatable bonds is 36. The maximum atomic E-state index is 12.6. The Morgan fingerprint density at radius 2 is 1.25 bits per heavy atom. The normalized spacial score (nSPS) is 16.3. The molecular formula is C44H70NO13P. The van der Waals surface area contributed by atoms with Crippen LogP contribution in [0.25, 0.3) is 0 Å². The van der Waals surface area contributed by atoms with Crippen LogP contribution >= 0.6 is 7.82 Å². The number of aliphatic hydroxyl groups excluding tert-OH is 3. The number of ether oxygens (including phenoxy) is 2. The molecule has 0 amide bonds. The molecule has 59 heavy (non-hydrogen) atoms. The minimum Gasteiger partial charge on any atom is -0.480 e. The van der Waals surface area contributed by atoms with Gasteiger partial charge in [-0.05, 0) is 70.6 Å². The molecule has 7 N–H and O–H groups in total. The second-order valence-electron chi connectivity index (χ2n) is 13.6. The van der Waals surface area contributed by atoms with Gasteiger partial charge in [-0.25, -0.2) is 4.57 Å². The summed E-state index contributed by atoms with van der Waals surface area (Å²) in [6.07, 6.45) is 35.7. The highest BCUT2D eigenvalue weighted by atomic mass is 31.2. The number of esters is 2. The van der Waals surface area contributed by atoms with Gasteiger partial charge in [0.15, 0.2) is 6.10 Å². The van der Waals surface area contributed by atoms with E-state index >= 15 is 0 Å². The molecule has 0 aliphatic rings. The summed E-state index contributed by atoms with van der Waals surface area (Å²) >= 11 is 0. The maximum absolute atomic E-state index is 12.6. The molecule has 15 heteroatoms. The number of carbonyl (C=O) groups excluding carboxylic acids is 2. The molecule has 6 atom stereocenters. The Balaban J connectivity index is 4.82. The number of unbranched alkanes of at least 4 members (excludes halogenated alkanes) is 5. The van der Waals surface area contributed by atoms with E-state index in [1.54, 1.807) is 42.5 Å². The highest BCUT2D eigenvalue weighted by molar-refractivity contribution is 7.47. The van der Waals surface area contributed by atoms with Crippen molar-refractivity contribution in [2.24, 2.45) is 5.73 Å². The first-order valence-corrected chi connectivity index (χ1v) is 22.1. The molecule has 0 radical (unpaired) electrons. The number of allylic oxidation sites excluding steroid dienone is 13. The number of carbonyl (C=O) groups is 3. The third kappa shape index (κ3) is 35.9. The lowest BCUT2D eigenvalue weighted by Crippen LogP contribution is -2.34. The first kappa shape index (κ1) is 55.3. The van der Waals surface area contributed by atoms with Gasteiger partial charge in [0.05, 0.1) is 31.5 Å². The van der Waals surface area contributed by atoms with Gasteiger partial charge in [0, 0.05) is 12.8 Å². The Morgan fingerprint density at radius 3 is 1.88 bits per heavy atom. The van der Waals surface area contributed by atoms with E-state index in [2.05, 4.69) is 41.8 Å². The largest absolute Gasteiger partial charge is 0.480 e. The van der Waals surface area contributed by atoms with Crippen LogP contribution in [-0.2, 0) is 37.5 Å². The molecule has 0 spiro atoms. The van der Waals surface area contributed by atoms with Crippen LogP contribution in [0.15, 0.2) is 97.2 Å². The summed E-state index contributed by atoms with van der Waals surface area (Å²) in [5.41, 5.74) is 5.30. The van der Waals surface area contributed by atoms with Gasteiger partial charge < -0.3 is 40.5 Å². The summed E-state index contributed by atoms with van der Waals surface area (Å²) in [5.74, 6) is -2.82. The Bertz CT molecular complexity index is 1420. The van der Waals surface area contributed by atoms with E-state index in [1.807, 2.05) is 25.2 Å². The molecule has 0 rings (SSSR count). The van der Waals surface area contributed by atoms with Crippen LogP contribution in [0.2, 0.25) is 0 Å². The summed E-state index contributed by atoms with van der Waals surface area (Å²) in [6, 6.07) is -1.58. The number of aliphatic hydroxyl groups is 3. The molecule has 0 aliphatic heterocycles. The second-order valence-corrected chi connectivity index (χ2v) is 15.1. The Kier molecular flexibility index (Phi) is 34.9. The van der Waals surface area contributed by atoms with Gasteiger partial charge in [0.1, 0.15) is 12.6 Å². The number of carboxylic acid groups (broad SMARTS) is 1. The lowest BCUT2D eigenvalue weighted by atomic mass is 10.1. The van der Waals surface area contributed by atoms with Gasteiger partial charge >= 0.3 is 25.7 Å². The van der Waals surface area contributed by atoms with Crippen LogP contribution in [0.4, 0.5) is 0 Å². The standard InChI is InChI=1S/C44H70NO13P/c1-3-5-7-8-9-10-11-12-13-14-15-16-17-22-26-32-43(50)58-38(35-56-59(53,54)57-36-39(45)44(51)52)34-55-42(49)33-27-31-41(48)40(47)30-25-21-19-18-20-24-29-37(46)28-23-6-4-2/h6,9-10,12-13,15-16,18-21,23-25,29-30,37-41,46-48H,3-5,7-8,11,14,17,22,26-28,31-36,45H2,1-2H3,(H,51,52)(H,53,54)/b10-9-,13-12-,16-15-,20-18+,21-19-,23-6-,29-24+,30-25-/t37-,38-,39+,40+,41+/m1/s1. The van der Waals surface area contributed by atoms with Crippen LogP contribution < -0.4 is 5.73 Å². The molecule has 14 nitrogen and oxygen atoms in total. The minimum absolute atomic E-state index is 0.0322. The molecule has 0 heterocycles. The number of aliphatic carboxylic acids is 1. The van der Waals surface area contributed by atoms with E-state index in [0.717, 1.165) is 32.1 Å². The molecule has 0 fully saturated rings. The van der Waals surface area contributed by atoms with Crippen molar-refractivity contribution in [1.82, 2.24) is 0 Å². The lowest BCUT2D eigenvalue weighted by molar-refractivity contribution is -0.161. The monoisotopic (exact) mass is 851 g/mol. The molecular weight excluding hydrogens is 781 g/mol. The van der Waals surface area contributed by atoms with Gasteiger partial charge in [-0.1, -0.05) is 124 Å². The first-order valence-electron chi connectivity index (χ1n) is 20.6. The van der Waals surface area contributed by atoms with Crippen LogP contribution in [0.3, 0.4) is 0 Å². The molecule has 0 saturated heterocycles. The summed E-state index contributed by atoms with van der Waals surface area (Å²) in [7, 11) is -4.82. The third-order valence-corrected chi connectivity index (χ3v) is 9.11. The van der Waals surface area contributed by atoms with E-state index in [-0.39, 0.29) is 25.7 Å². The van der Waals surface area contributed by atoms with Crippen molar-refractivity contribution in [1.29, 1.82) is 0 Å². The summed E-state index contributed by atoms with van der Waals surface area (Å²) in [6.45, 7) is 2.16. The Hall–Kier alpha value is -3.72. The predicted octanol–water partition coefficient (Wildman–Crippen LogP) is 7.41. The van der Waals surface area contributed by atoms with Crippen LogP contribution in [0.1, 0.15) is 110 Å². The molecule has 334 valence electrons. The zero-order valence-corrected chi connectivity index (χ0v) is 35.8. The van der Waals surface area contributed by atoms with Crippen LogP contribution in [0, 0.1) is 0 Å². The quantitative estimate of drug-likeness (QED) is 0.0119. The number of hydrogen-bond donors (Lipinski definition) is 6. The number of nitrogens with two attached hydrogens (primary N) is 1. The van der Waals surface area contributed by atoms with Crippen LogP contribution in [0.5, 0.6) is 0 Å². The molecule has 0 bridgehead atoms. The molecule has 0 aliphatic carbocycles. The third-order valence-electron chi connectivity index (χ3n) is 8.16. The van der Waals surface area contributed by atoms with E-state index < -0.39 is 76.0 Å². The fraction of sp³-hybridized carbons (Fsp3) is 0.568. The number of phosphoric ester groups is 1. The van der Waals surface area contributed by atoms with Crippen molar-refractivity contribution >= 4 is 25.7 Å². The van der Waals surface area contributed by atoms with Crippen LogP contribution in [-0.4, -0.2) is 93.5 Å². The second kappa shape index (κ2) is 37.3. The number of hydrogen-bond acceptors (Lipinski definition) is 12. The zero-order valence-electron chi connectivity index (χ0n) is 34.9. The topological polar surface area (TPSA) is 232 Å². The molecule has 0 aromatic heterocycles. The van der Waals surface area contributed by atoms with E-state index in [4.69, 9.17) is 24.8 Å². The van der Waals surface area contributed by atoms with Crippen molar-refractivity contribution in [2.75, 3.05) is 19.8 Å². The Morgan fingerprint density at radius 1 is 0.678 bits per heavy atom. The van der Waals surface area contributed by atoms with Crippen molar-refractivity contribution in [3.63, 3.8) is 0 Å². The number of carboxylic acids is 1. The van der Waals surface area contributed by atoms with E-state index in [0.29, 0.717) is 19.3 Å². The summed E-state index contributed by atoms with van der Waals surface area (Å²) in [4.78, 5) is 45.9. The molecule has 0 saturated carbocycles.